The Morgan fingerprint density at radius 1 is 1.33 bits per heavy atom. The first-order chi connectivity index (χ1) is 9.70. The van der Waals surface area contributed by atoms with Crippen LogP contribution in [-0.4, -0.2) is 29.1 Å². The van der Waals surface area contributed by atoms with Crippen LogP contribution in [0.2, 0.25) is 0 Å². The van der Waals surface area contributed by atoms with Gasteiger partial charge in [-0.1, -0.05) is 13.8 Å². The Balaban J connectivity index is 2.42. The molecule has 0 aromatic carbocycles. The first-order valence-corrected chi connectivity index (χ1v) is 6.76. The summed E-state index contributed by atoms with van der Waals surface area (Å²) in [6.07, 6.45) is -3.78. The van der Waals surface area contributed by atoms with E-state index in [1.54, 1.807) is 4.90 Å². The second-order valence-corrected chi connectivity index (χ2v) is 5.56. The minimum atomic E-state index is -4.58. The molecule has 0 aliphatic carbocycles. The van der Waals surface area contributed by atoms with Crippen molar-refractivity contribution in [2.45, 2.75) is 26.4 Å². The first kappa shape index (κ1) is 15.6. The van der Waals surface area contributed by atoms with E-state index in [-0.39, 0.29) is 17.3 Å². The topological polar surface area (TPSA) is 53.4 Å². The zero-order chi connectivity index (χ0) is 15.8. The lowest BCUT2D eigenvalue weighted by molar-refractivity contribution is -0.141. The zero-order valence-electron chi connectivity index (χ0n) is 11.8. The number of halogens is 3. The van der Waals surface area contributed by atoms with Crippen molar-refractivity contribution in [1.82, 2.24) is 4.98 Å². The monoisotopic (exact) mass is 302 g/mol. The number of alkyl halides is 3. The Kier molecular flexibility index (Phi) is 4.11. The molecule has 0 bridgehead atoms. The fraction of sp³-hybridized carbons (Fsp3) is 0.571. The molecule has 0 amide bonds. The highest BCUT2D eigenvalue weighted by atomic mass is 19.4. The van der Waals surface area contributed by atoms with Crippen LogP contribution in [0.3, 0.4) is 0 Å². The molecule has 2 unspecified atom stereocenters. The highest BCUT2D eigenvalue weighted by Gasteiger charge is 2.35. The van der Waals surface area contributed by atoms with Gasteiger partial charge in [0.1, 0.15) is 17.1 Å². The molecule has 0 radical (unpaired) electrons. The van der Waals surface area contributed by atoms with E-state index in [1.807, 2.05) is 6.92 Å². The third-order valence-corrected chi connectivity index (χ3v) is 4.03. The summed E-state index contributed by atoms with van der Waals surface area (Å²) in [6, 6.07) is 1.69. The van der Waals surface area contributed by atoms with Crippen molar-refractivity contribution in [1.29, 1.82) is 0 Å². The van der Waals surface area contributed by atoms with E-state index in [0.29, 0.717) is 25.1 Å². The van der Waals surface area contributed by atoms with Crippen molar-refractivity contribution >= 4 is 11.8 Å². The van der Waals surface area contributed by atoms with E-state index in [1.165, 1.54) is 0 Å². The maximum absolute atomic E-state index is 12.8. The summed E-state index contributed by atoms with van der Waals surface area (Å²) in [5, 5.41) is 9.16. The molecule has 2 heterocycles. The fourth-order valence-electron chi connectivity index (χ4n) is 2.47. The Morgan fingerprint density at radius 2 is 2.00 bits per heavy atom. The highest BCUT2D eigenvalue weighted by Crippen LogP contribution is 2.33. The normalized spacial score (nSPS) is 23.2. The number of carboxylic acids is 1. The number of hydrogen-bond acceptors (Lipinski definition) is 3. The van der Waals surface area contributed by atoms with Crippen LogP contribution in [-0.2, 0) is 6.18 Å². The molecule has 116 valence electrons. The largest absolute Gasteiger partial charge is 0.478 e. The molecule has 1 N–H and O–H groups in total. The molecular formula is C14H17F3N2O2. The molecule has 2 atom stereocenters. The quantitative estimate of drug-likeness (QED) is 0.911. The SMILES string of the molecule is CC1CCN(c2nc(C(F)(F)F)ccc2C(=O)O)CC1C. The van der Waals surface area contributed by atoms with E-state index in [9.17, 15) is 18.0 Å². The number of aromatic nitrogens is 1. The predicted octanol–water partition coefficient (Wildman–Crippen LogP) is 3.28. The van der Waals surface area contributed by atoms with Gasteiger partial charge in [-0.15, -0.1) is 0 Å². The minimum absolute atomic E-state index is 0.0870. The molecule has 1 fully saturated rings. The molecule has 1 saturated heterocycles. The highest BCUT2D eigenvalue weighted by molar-refractivity contribution is 5.93. The van der Waals surface area contributed by atoms with Crippen molar-refractivity contribution in [3.8, 4) is 0 Å². The molecule has 4 nitrogen and oxygen atoms in total. The summed E-state index contributed by atoms with van der Waals surface area (Å²) < 4.78 is 38.3. The van der Waals surface area contributed by atoms with Crippen molar-refractivity contribution in [3.05, 3.63) is 23.4 Å². The number of pyridine rings is 1. The summed E-state index contributed by atoms with van der Waals surface area (Å²) in [4.78, 5) is 16.4. The average Bonchev–Trinajstić information content (AvgIpc) is 2.40. The first-order valence-electron chi connectivity index (χ1n) is 6.76. The standard InChI is InChI=1S/C14H17F3N2O2/c1-8-5-6-19(7-9(8)2)12-10(13(20)21)3-4-11(18-12)14(15,16)17/h3-4,8-9H,5-7H2,1-2H3,(H,20,21). The Morgan fingerprint density at radius 3 is 2.52 bits per heavy atom. The van der Waals surface area contributed by atoms with Crippen LogP contribution < -0.4 is 4.90 Å². The number of piperidine rings is 1. The molecule has 0 saturated carbocycles. The summed E-state index contributed by atoms with van der Waals surface area (Å²) in [5.74, 6) is -0.620. The van der Waals surface area contributed by atoms with Gasteiger partial charge in [-0.05, 0) is 30.4 Å². The van der Waals surface area contributed by atoms with E-state index < -0.39 is 17.8 Å². The lowest BCUT2D eigenvalue weighted by atomic mass is 9.88. The van der Waals surface area contributed by atoms with E-state index in [0.717, 1.165) is 12.5 Å². The van der Waals surface area contributed by atoms with Gasteiger partial charge in [-0.3, -0.25) is 0 Å². The van der Waals surface area contributed by atoms with Gasteiger partial charge in [0.05, 0.1) is 0 Å². The Hall–Kier alpha value is -1.79. The van der Waals surface area contributed by atoms with Crippen LogP contribution in [0.25, 0.3) is 0 Å². The lowest BCUT2D eigenvalue weighted by Crippen LogP contribution is -2.40. The fourth-order valence-corrected chi connectivity index (χ4v) is 2.47. The van der Waals surface area contributed by atoms with Gasteiger partial charge in [-0.25, -0.2) is 9.78 Å². The van der Waals surface area contributed by atoms with Gasteiger partial charge >= 0.3 is 12.1 Å². The van der Waals surface area contributed by atoms with Crippen LogP contribution in [0.15, 0.2) is 12.1 Å². The second-order valence-electron chi connectivity index (χ2n) is 5.56. The number of aromatic carboxylic acids is 1. The van der Waals surface area contributed by atoms with Gasteiger partial charge in [0.2, 0.25) is 0 Å². The average molecular weight is 302 g/mol. The molecule has 1 aromatic heterocycles. The smallest absolute Gasteiger partial charge is 0.433 e. The predicted molar refractivity (Wildman–Crippen MR) is 71.4 cm³/mol. The summed E-state index contributed by atoms with van der Waals surface area (Å²) >= 11 is 0. The Labute approximate surface area is 120 Å². The van der Waals surface area contributed by atoms with E-state index in [2.05, 4.69) is 11.9 Å². The van der Waals surface area contributed by atoms with Crippen molar-refractivity contribution in [2.24, 2.45) is 11.8 Å². The van der Waals surface area contributed by atoms with E-state index in [4.69, 9.17) is 5.11 Å². The number of carbonyl (C=O) groups is 1. The van der Waals surface area contributed by atoms with Crippen LogP contribution in [0.5, 0.6) is 0 Å². The van der Waals surface area contributed by atoms with Crippen LogP contribution >= 0.6 is 0 Å². The van der Waals surface area contributed by atoms with Crippen molar-refractivity contribution in [3.63, 3.8) is 0 Å². The number of rotatable bonds is 2. The second kappa shape index (κ2) is 5.54. The molecule has 1 aromatic rings. The number of carboxylic acid groups (broad SMARTS) is 1. The minimum Gasteiger partial charge on any atom is -0.478 e. The molecule has 7 heteroatoms. The van der Waals surface area contributed by atoms with Crippen LogP contribution in [0, 0.1) is 11.8 Å². The maximum atomic E-state index is 12.8. The van der Waals surface area contributed by atoms with Gasteiger partial charge in [0, 0.05) is 13.1 Å². The third kappa shape index (κ3) is 3.28. The van der Waals surface area contributed by atoms with Gasteiger partial charge in [0.15, 0.2) is 0 Å². The van der Waals surface area contributed by atoms with Crippen molar-refractivity contribution < 1.29 is 23.1 Å². The van der Waals surface area contributed by atoms with Crippen molar-refractivity contribution in [2.75, 3.05) is 18.0 Å². The van der Waals surface area contributed by atoms with Crippen LogP contribution in [0.1, 0.15) is 36.3 Å². The lowest BCUT2D eigenvalue weighted by Gasteiger charge is -2.36. The van der Waals surface area contributed by atoms with E-state index >= 15 is 0 Å². The number of hydrogen-bond donors (Lipinski definition) is 1. The van der Waals surface area contributed by atoms with Gasteiger partial charge in [-0.2, -0.15) is 13.2 Å². The summed E-state index contributed by atoms with van der Waals surface area (Å²) in [7, 11) is 0. The van der Waals surface area contributed by atoms with Gasteiger partial charge in [0.25, 0.3) is 0 Å². The van der Waals surface area contributed by atoms with Crippen LogP contribution in [0.4, 0.5) is 19.0 Å². The van der Waals surface area contributed by atoms with Gasteiger partial charge < -0.3 is 10.0 Å². The molecule has 2 rings (SSSR count). The molecular weight excluding hydrogens is 285 g/mol. The molecule has 21 heavy (non-hydrogen) atoms. The summed E-state index contributed by atoms with van der Waals surface area (Å²) in [5.41, 5.74) is -1.25. The number of anilines is 1. The zero-order valence-corrected chi connectivity index (χ0v) is 11.8. The molecule has 1 aliphatic heterocycles. The maximum Gasteiger partial charge on any atom is 0.433 e. The molecule has 0 spiro atoms. The summed E-state index contributed by atoms with van der Waals surface area (Å²) in [6.45, 7) is 5.11. The number of nitrogens with zero attached hydrogens (tertiary/aromatic N) is 2. The third-order valence-electron chi connectivity index (χ3n) is 4.03. The molecule has 1 aliphatic rings. The Bertz CT molecular complexity index is 546.